The van der Waals surface area contributed by atoms with Crippen molar-refractivity contribution in [3.8, 4) is 0 Å². The summed E-state index contributed by atoms with van der Waals surface area (Å²) in [6, 6.07) is 1.04. The number of ether oxygens (including phenoxy) is 2. The third-order valence-corrected chi connectivity index (χ3v) is 4.56. The molecule has 5 heteroatoms. The highest BCUT2D eigenvalue weighted by Gasteiger charge is 2.36. The molecule has 0 aliphatic carbocycles. The van der Waals surface area contributed by atoms with Crippen LogP contribution in [0.1, 0.15) is 6.42 Å². The molecule has 1 fully saturated rings. The van der Waals surface area contributed by atoms with Crippen LogP contribution < -0.4 is 0 Å². The van der Waals surface area contributed by atoms with E-state index in [1.165, 1.54) is 0 Å². The van der Waals surface area contributed by atoms with Gasteiger partial charge in [-0.15, -0.1) is 6.58 Å². The molecule has 17 heavy (non-hydrogen) atoms. The molecule has 0 aromatic rings. The maximum absolute atomic E-state index is 9.87. The molecule has 0 aromatic heterocycles. The monoisotopic (exact) mass is 260 g/mol. The molecule has 0 bridgehead atoms. The Balaban J connectivity index is 2.46. The van der Waals surface area contributed by atoms with Gasteiger partial charge in [0.25, 0.3) is 0 Å². The highest BCUT2D eigenvalue weighted by Crippen LogP contribution is 2.23. The van der Waals surface area contributed by atoms with E-state index in [4.69, 9.17) is 9.47 Å². The topological polar surface area (TPSA) is 58.9 Å². The van der Waals surface area contributed by atoms with Gasteiger partial charge < -0.3 is 19.7 Å². The van der Waals surface area contributed by atoms with Crippen molar-refractivity contribution in [2.24, 2.45) is 0 Å². The Labute approximate surface area is 104 Å². The highest BCUT2D eigenvalue weighted by molar-refractivity contribution is 6.76. The van der Waals surface area contributed by atoms with Crippen molar-refractivity contribution in [1.29, 1.82) is 0 Å². The molecule has 4 nitrogen and oxygen atoms in total. The van der Waals surface area contributed by atoms with Gasteiger partial charge in [0.1, 0.15) is 12.2 Å². The molecule has 0 saturated carbocycles. The van der Waals surface area contributed by atoms with E-state index in [0.717, 1.165) is 6.04 Å². The zero-order valence-electron chi connectivity index (χ0n) is 10.9. The lowest BCUT2D eigenvalue weighted by Crippen LogP contribution is -2.49. The third-order valence-electron chi connectivity index (χ3n) is 2.86. The van der Waals surface area contributed by atoms with Crippen LogP contribution in [0.25, 0.3) is 0 Å². The van der Waals surface area contributed by atoms with E-state index >= 15 is 0 Å². The van der Waals surface area contributed by atoms with Gasteiger partial charge in [-0.1, -0.05) is 25.7 Å². The summed E-state index contributed by atoms with van der Waals surface area (Å²) in [4.78, 5) is 0. The fraction of sp³-hybridized carbons (Fsp3) is 0.833. The van der Waals surface area contributed by atoms with E-state index in [2.05, 4.69) is 26.2 Å². The minimum atomic E-state index is -1.13. The molecule has 1 rings (SSSR count). The van der Waals surface area contributed by atoms with Crippen molar-refractivity contribution >= 4 is 8.07 Å². The normalized spacial score (nSPS) is 34.6. The summed E-state index contributed by atoms with van der Waals surface area (Å²) in [6.07, 6.45) is -0.692. The molecule has 1 aliphatic heterocycles. The minimum Gasteiger partial charge on any atom is -0.390 e. The number of hydrogen-bond donors (Lipinski definition) is 2. The van der Waals surface area contributed by atoms with Gasteiger partial charge in [-0.05, 0) is 6.04 Å². The van der Waals surface area contributed by atoms with E-state index in [9.17, 15) is 10.2 Å². The summed E-state index contributed by atoms with van der Waals surface area (Å²) >= 11 is 0. The van der Waals surface area contributed by atoms with E-state index < -0.39 is 32.7 Å². The first-order valence-corrected chi connectivity index (χ1v) is 9.80. The van der Waals surface area contributed by atoms with Crippen LogP contribution in [0.3, 0.4) is 0 Å². The van der Waals surface area contributed by atoms with Crippen molar-refractivity contribution in [1.82, 2.24) is 0 Å². The predicted molar refractivity (Wildman–Crippen MR) is 69.6 cm³/mol. The Hall–Kier alpha value is -0.203. The van der Waals surface area contributed by atoms with Gasteiger partial charge >= 0.3 is 0 Å². The summed E-state index contributed by atoms with van der Waals surface area (Å²) in [5.41, 5.74) is 0. The molecule has 2 N–H and O–H groups in total. The number of hydrogen-bond acceptors (Lipinski definition) is 4. The first-order valence-electron chi connectivity index (χ1n) is 6.09. The fourth-order valence-electron chi connectivity index (χ4n) is 1.77. The first-order chi connectivity index (χ1) is 7.83. The van der Waals surface area contributed by atoms with Crippen molar-refractivity contribution in [3.05, 3.63) is 12.7 Å². The average Bonchev–Trinajstić information content (AvgIpc) is 2.18. The van der Waals surface area contributed by atoms with Crippen molar-refractivity contribution < 1.29 is 19.7 Å². The van der Waals surface area contributed by atoms with E-state index in [-0.39, 0.29) is 6.42 Å². The maximum Gasteiger partial charge on any atom is 0.158 e. The summed E-state index contributed by atoms with van der Waals surface area (Å²) in [5.74, 6) is 0. The van der Waals surface area contributed by atoms with Gasteiger partial charge in [0.2, 0.25) is 0 Å². The lowest BCUT2D eigenvalue weighted by molar-refractivity contribution is -0.228. The van der Waals surface area contributed by atoms with Crippen LogP contribution in [0, 0.1) is 0 Å². The van der Waals surface area contributed by atoms with Crippen LogP contribution in [0.4, 0.5) is 0 Å². The molecular weight excluding hydrogens is 236 g/mol. The van der Waals surface area contributed by atoms with Gasteiger partial charge in [0, 0.05) is 21.1 Å². The van der Waals surface area contributed by atoms with Crippen molar-refractivity contribution in [2.45, 2.75) is 56.7 Å². The Kier molecular flexibility index (Phi) is 5.34. The molecule has 1 aliphatic rings. The van der Waals surface area contributed by atoms with E-state index in [0.29, 0.717) is 6.61 Å². The largest absolute Gasteiger partial charge is 0.390 e. The molecule has 0 aromatic carbocycles. The second-order valence-electron chi connectivity index (χ2n) is 5.74. The van der Waals surface area contributed by atoms with Gasteiger partial charge in [-0.25, -0.2) is 0 Å². The SMILES string of the molecule is C=C[C@H]1OC(O)C[C@@H](O)[C@H]1OCC[Si](C)(C)C. The first kappa shape index (κ1) is 14.9. The molecule has 0 radical (unpaired) electrons. The molecular formula is C12H24O4Si. The van der Waals surface area contributed by atoms with Crippen LogP contribution in [0.2, 0.25) is 25.7 Å². The minimum absolute atomic E-state index is 0.196. The summed E-state index contributed by atoms with van der Waals surface area (Å²) in [7, 11) is -1.13. The van der Waals surface area contributed by atoms with Crippen LogP contribution in [-0.4, -0.2) is 49.5 Å². The molecule has 4 atom stereocenters. The molecule has 1 saturated heterocycles. The van der Waals surface area contributed by atoms with Crippen LogP contribution in [-0.2, 0) is 9.47 Å². The Bertz CT molecular complexity index is 251. The summed E-state index contributed by atoms with van der Waals surface area (Å²) in [5, 5.41) is 19.2. The van der Waals surface area contributed by atoms with Crippen LogP contribution >= 0.6 is 0 Å². The van der Waals surface area contributed by atoms with Crippen LogP contribution in [0.5, 0.6) is 0 Å². The summed E-state index contributed by atoms with van der Waals surface area (Å²) in [6.45, 7) is 11.1. The zero-order chi connectivity index (χ0) is 13.1. The standard InChI is InChI=1S/C12H24O4Si/c1-5-10-12(9(13)8-11(14)16-10)15-6-7-17(2,3)4/h5,9-14H,1,6-8H2,2-4H3/t9-,10-,11?,12-/m1/s1. The maximum atomic E-state index is 9.87. The van der Waals surface area contributed by atoms with Gasteiger partial charge in [0.05, 0.1) is 6.10 Å². The molecule has 100 valence electrons. The van der Waals surface area contributed by atoms with Gasteiger partial charge in [-0.3, -0.25) is 0 Å². The molecule has 0 spiro atoms. The molecule has 0 amide bonds. The Morgan fingerprint density at radius 2 is 2.06 bits per heavy atom. The van der Waals surface area contributed by atoms with Gasteiger partial charge in [-0.2, -0.15) is 0 Å². The van der Waals surface area contributed by atoms with Crippen molar-refractivity contribution in [3.63, 3.8) is 0 Å². The zero-order valence-corrected chi connectivity index (χ0v) is 11.9. The number of aliphatic hydroxyl groups is 2. The second kappa shape index (κ2) is 6.11. The van der Waals surface area contributed by atoms with Crippen molar-refractivity contribution in [2.75, 3.05) is 6.61 Å². The summed E-state index contributed by atoms with van der Waals surface area (Å²) < 4.78 is 11.0. The van der Waals surface area contributed by atoms with Crippen LogP contribution in [0.15, 0.2) is 12.7 Å². The Morgan fingerprint density at radius 3 is 2.59 bits per heavy atom. The third kappa shape index (κ3) is 4.89. The molecule has 1 unspecified atom stereocenters. The quantitative estimate of drug-likeness (QED) is 0.579. The number of rotatable bonds is 5. The lowest BCUT2D eigenvalue weighted by atomic mass is 10.0. The van der Waals surface area contributed by atoms with E-state index in [1.54, 1.807) is 6.08 Å². The lowest BCUT2D eigenvalue weighted by Gasteiger charge is -2.36. The molecule has 1 heterocycles. The van der Waals surface area contributed by atoms with Gasteiger partial charge in [0.15, 0.2) is 6.29 Å². The predicted octanol–water partition coefficient (Wildman–Crippen LogP) is 1.36. The Morgan fingerprint density at radius 1 is 1.41 bits per heavy atom. The average molecular weight is 260 g/mol. The second-order valence-corrected chi connectivity index (χ2v) is 11.4. The number of aliphatic hydroxyl groups excluding tert-OH is 2. The van der Waals surface area contributed by atoms with E-state index in [1.807, 2.05) is 0 Å². The highest BCUT2D eigenvalue weighted by atomic mass is 28.3. The fourth-order valence-corrected chi connectivity index (χ4v) is 2.50. The smallest absolute Gasteiger partial charge is 0.158 e.